The topological polar surface area (TPSA) is 152 Å². The fourth-order valence-corrected chi connectivity index (χ4v) is 4.39. The number of fused-ring (bicyclic) bond motifs is 1. The number of nitrogens with zero attached hydrogens (tertiary/aromatic N) is 2. The zero-order valence-electron chi connectivity index (χ0n) is 18.1. The van der Waals surface area contributed by atoms with Gasteiger partial charge in [-0.15, -0.1) is 0 Å². The standard InChI is InChI=1S/C21H22N4O7S/c1-4-12-5-6-15(28-2)18(7-12)33(26,27)25-20-19-16(29-3)8-13(9-17(19)32-24-20)30-21-23-11-14(10-22)31-21/h5-9,11H,4,10,22H2,1-3H3,(H,24,25). The van der Waals surface area contributed by atoms with E-state index < -0.39 is 10.0 Å². The van der Waals surface area contributed by atoms with Crippen LogP contribution in [0, 0.1) is 0 Å². The van der Waals surface area contributed by atoms with E-state index in [2.05, 4.69) is 14.9 Å². The molecule has 0 saturated heterocycles. The average molecular weight is 474 g/mol. The Morgan fingerprint density at radius 2 is 1.91 bits per heavy atom. The summed E-state index contributed by atoms with van der Waals surface area (Å²) >= 11 is 0. The highest BCUT2D eigenvalue weighted by Crippen LogP contribution is 2.38. The van der Waals surface area contributed by atoms with Gasteiger partial charge in [-0.3, -0.25) is 4.72 Å². The first kappa shape index (κ1) is 22.4. The van der Waals surface area contributed by atoms with Crippen molar-refractivity contribution in [1.82, 2.24) is 10.1 Å². The molecule has 12 heteroatoms. The van der Waals surface area contributed by atoms with E-state index in [0.717, 1.165) is 5.56 Å². The van der Waals surface area contributed by atoms with Crippen molar-refractivity contribution >= 4 is 26.8 Å². The summed E-state index contributed by atoms with van der Waals surface area (Å²) in [6.45, 7) is 2.10. The molecule has 174 valence electrons. The van der Waals surface area contributed by atoms with Gasteiger partial charge < -0.3 is 28.9 Å². The van der Waals surface area contributed by atoms with Crippen LogP contribution in [0.2, 0.25) is 0 Å². The molecule has 2 heterocycles. The molecule has 0 saturated carbocycles. The third-order valence-corrected chi connectivity index (χ3v) is 6.19. The van der Waals surface area contributed by atoms with Crippen LogP contribution in [0.25, 0.3) is 11.0 Å². The molecule has 0 radical (unpaired) electrons. The van der Waals surface area contributed by atoms with Crippen molar-refractivity contribution in [3.63, 3.8) is 0 Å². The van der Waals surface area contributed by atoms with Crippen molar-refractivity contribution in [3.05, 3.63) is 47.9 Å². The van der Waals surface area contributed by atoms with Gasteiger partial charge in [0.15, 0.2) is 11.4 Å². The molecule has 0 bridgehead atoms. The minimum Gasteiger partial charge on any atom is -0.496 e. The fourth-order valence-electron chi connectivity index (χ4n) is 3.17. The second kappa shape index (κ2) is 9.00. The van der Waals surface area contributed by atoms with Crippen molar-refractivity contribution in [2.24, 2.45) is 5.73 Å². The number of nitrogens with one attached hydrogen (secondary N) is 1. The van der Waals surface area contributed by atoms with E-state index in [1.54, 1.807) is 18.2 Å². The molecule has 4 rings (SSSR count). The summed E-state index contributed by atoms with van der Waals surface area (Å²) in [7, 11) is -1.23. The zero-order valence-corrected chi connectivity index (χ0v) is 18.9. The summed E-state index contributed by atoms with van der Waals surface area (Å²) < 4.78 is 55.7. The van der Waals surface area contributed by atoms with E-state index in [4.69, 9.17) is 28.9 Å². The number of aromatic nitrogens is 2. The first-order valence-electron chi connectivity index (χ1n) is 9.88. The maximum Gasteiger partial charge on any atom is 0.399 e. The molecule has 3 N–H and O–H groups in total. The van der Waals surface area contributed by atoms with Crippen LogP contribution in [0.15, 0.2) is 50.4 Å². The van der Waals surface area contributed by atoms with Gasteiger partial charge in [-0.25, -0.2) is 8.42 Å². The molecule has 0 atom stereocenters. The van der Waals surface area contributed by atoms with Crippen LogP contribution in [0.4, 0.5) is 5.82 Å². The number of oxazole rings is 1. The van der Waals surface area contributed by atoms with Gasteiger partial charge >= 0.3 is 6.08 Å². The molecule has 0 fully saturated rings. The molecule has 2 aromatic heterocycles. The predicted octanol–water partition coefficient (Wildman–Crippen LogP) is 3.45. The molecular formula is C21H22N4O7S. The molecule has 11 nitrogen and oxygen atoms in total. The molecule has 0 aliphatic rings. The Balaban J connectivity index is 1.70. The van der Waals surface area contributed by atoms with Crippen LogP contribution in [0.1, 0.15) is 18.2 Å². The van der Waals surface area contributed by atoms with Crippen LogP contribution in [-0.4, -0.2) is 32.8 Å². The summed E-state index contributed by atoms with van der Waals surface area (Å²) in [5.41, 5.74) is 6.57. The summed E-state index contributed by atoms with van der Waals surface area (Å²) in [6, 6.07) is 8.00. The minimum atomic E-state index is -4.06. The largest absolute Gasteiger partial charge is 0.496 e. The SMILES string of the molecule is CCc1ccc(OC)c(S(=O)(=O)Nc2noc3cc(Oc4ncc(CN)o4)cc(OC)c23)c1. The summed E-state index contributed by atoms with van der Waals surface area (Å²) in [4.78, 5) is 3.96. The fraction of sp³-hybridized carbons (Fsp3) is 0.238. The van der Waals surface area contributed by atoms with Crippen LogP contribution < -0.4 is 24.7 Å². The number of aryl methyl sites for hydroxylation is 1. The Bertz CT molecular complexity index is 1400. The average Bonchev–Trinajstić information content (AvgIpc) is 3.44. The monoisotopic (exact) mass is 474 g/mol. The van der Waals surface area contributed by atoms with Crippen molar-refractivity contribution in [3.8, 4) is 23.3 Å². The molecule has 0 aliphatic heterocycles. The number of nitrogens with two attached hydrogens (primary N) is 1. The molecular weight excluding hydrogens is 452 g/mol. The van der Waals surface area contributed by atoms with Gasteiger partial charge in [0.2, 0.25) is 0 Å². The highest BCUT2D eigenvalue weighted by molar-refractivity contribution is 7.92. The van der Waals surface area contributed by atoms with Gasteiger partial charge in [0, 0.05) is 12.1 Å². The number of hydrogen-bond donors (Lipinski definition) is 2. The van der Waals surface area contributed by atoms with Crippen LogP contribution >= 0.6 is 0 Å². The maximum atomic E-state index is 13.2. The van der Waals surface area contributed by atoms with Crippen LogP contribution in [0.3, 0.4) is 0 Å². The lowest BCUT2D eigenvalue weighted by Gasteiger charge is -2.12. The number of benzene rings is 2. The molecule has 4 aromatic rings. The highest BCUT2D eigenvalue weighted by Gasteiger charge is 2.25. The van der Waals surface area contributed by atoms with Crippen LogP contribution in [0.5, 0.6) is 23.3 Å². The zero-order chi connectivity index (χ0) is 23.6. The van der Waals surface area contributed by atoms with E-state index in [1.165, 1.54) is 32.5 Å². The smallest absolute Gasteiger partial charge is 0.399 e. The lowest BCUT2D eigenvalue weighted by Crippen LogP contribution is -2.15. The Labute approximate surface area is 189 Å². The molecule has 0 aliphatic carbocycles. The number of anilines is 1. The van der Waals surface area contributed by atoms with Crippen molar-refractivity contribution < 1.29 is 31.6 Å². The number of ether oxygens (including phenoxy) is 3. The minimum absolute atomic E-state index is 0.0137. The van der Waals surface area contributed by atoms with Crippen molar-refractivity contribution in [2.45, 2.75) is 24.8 Å². The van der Waals surface area contributed by atoms with Gasteiger partial charge in [0.25, 0.3) is 10.0 Å². The van der Waals surface area contributed by atoms with Gasteiger partial charge in [-0.1, -0.05) is 18.1 Å². The Hall–Kier alpha value is -3.77. The second-order valence-corrected chi connectivity index (χ2v) is 8.52. The molecule has 0 unspecified atom stereocenters. The predicted molar refractivity (Wildman–Crippen MR) is 118 cm³/mol. The van der Waals surface area contributed by atoms with Crippen LogP contribution in [-0.2, 0) is 23.0 Å². The maximum absolute atomic E-state index is 13.2. The van der Waals surface area contributed by atoms with E-state index in [1.807, 2.05) is 6.92 Å². The Morgan fingerprint density at radius 3 is 2.58 bits per heavy atom. The highest BCUT2D eigenvalue weighted by atomic mass is 32.2. The molecule has 33 heavy (non-hydrogen) atoms. The number of methoxy groups -OCH3 is 2. The molecule has 0 spiro atoms. The first-order chi connectivity index (χ1) is 15.9. The summed E-state index contributed by atoms with van der Waals surface area (Å²) in [6.07, 6.45) is 2.10. The number of sulfonamides is 1. The van der Waals surface area contributed by atoms with Gasteiger partial charge in [-0.2, -0.15) is 4.98 Å². The first-order valence-corrected chi connectivity index (χ1v) is 11.4. The van der Waals surface area contributed by atoms with E-state index >= 15 is 0 Å². The Morgan fingerprint density at radius 1 is 1.12 bits per heavy atom. The van der Waals surface area contributed by atoms with Crippen molar-refractivity contribution in [1.29, 1.82) is 0 Å². The third-order valence-electron chi connectivity index (χ3n) is 4.83. The lowest BCUT2D eigenvalue weighted by molar-refractivity contribution is 0.317. The Kier molecular flexibility index (Phi) is 6.11. The molecule has 0 amide bonds. The van der Waals surface area contributed by atoms with E-state index in [-0.39, 0.29) is 46.2 Å². The van der Waals surface area contributed by atoms with E-state index in [9.17, 15) is 8.42 Å². The van der Waals surface area contributed by atoms with Gasteiger partial charge in [-0.05, 0) is 24.1 Å². The van der Waals surface area contributed by atoms with Gasteiger partial charge in [0.05, 0.1) is 27.0 Å². The quantitative estimate of drug-likeness (QED) is 0.369. The summed E-state index contributed by atoms with van der Waals surface area (Å²) in [5.74, 6) is 1.17. The van der Waals surface area contributed by atoms with E-state index in [0.29, 0.717) is 17.6 Å². The summed E-state index contributed by atoms with van der Waals surface area (Å²) in [5, 5.41) is 4.19. The molecule has 2 aromatic carbocycles. The lowest BCUT2D eigenvalue weighted by atomic mass is 10.2. The van der Waals surface area contributed by atoms with Gasteiger partial charge in [0.1, 0.15) is 33.3 Å². The third kappa shape index (κ3) is 4.43. The second-order valence-electron chi connectivity index (χ2n) is 6.87. The number of hydrogen-bond acceptors (Lipinski definition) is 10. The number of rotatable bonds is 9. The normalized spacial score (nSPS) is 11.5. The van der Waals surface area contributed by atoms with Crippen molar-refractivity contribution in [2.75, 3.05) is 18.9 Å².